The molecule has 0 aliphatic carbocycles. The molecule has 12 heavy (non-hydrogen) atoms. The first-order chi connectivity index (χ1) is 5.67. The highest BCUT2D eigenvalue weighted by Gasteiger charge is 2.51. The van der Waals surface area contributed by atoms with E-state index in [2.05, 4.69) is 4.90 Å². The summed E-state index contributed by atoms with van der Waals surface area (Å²) in [6.45, 7) is 1.39. The highest BCUT2D eigenvalue weighted by Crippen LogP contribution is 2.35. The lowest BCUT2D eigenvalue weighted by Gasteiger charge is -2.29. The molecule has 2 aliphatic rings. The standard InChI is InChI=1S/C8H15NO3/c10-5-8(12)2-4-9-3-1-6(11)7(8)9/h6-7,10-12H,1-5H2/t6-,7+,8-/m1/s1. The van der Waals surface area contributed by atoms with Gasteiger partial charge in [0.1, 0.15) is 5.60 Å². The summed E-state index contributed by atoms with van der Waals surface area (Å²) >= 11 is 0. The molecule has 2 aliphatic heterocycles. The number of aliphatic hydroxyl groups excluding tert-OH is 2. The fraction of sp³-hybridized carbons (Fsp3) is 1.00. The third kappa shape index (κ3) is 0.992. The molecule has 0 saturated carbocycles. The minimum Gasteiger partial charge on any atom is -0.393 e. The molecule has 2 fully saturated rings. The summed E-state index contributed by atoms with van der Waals surface area (Å²) in [6.07, 6.45) is 0.822. The molecular formula is C8H15NO3. The molecule has 0 spiro atoms. The van der Waals surface area contributed by atoms with Gasteiger partial charge in [-0.3, -0.25) is 4.90 Å². The van der Waals surface area contributed by atoms with E-state index < -0.39 is 11.7 Å². The van der Waals surface area contributed by atoms with Gasteiger partial charge < -0.3 is 15.3 Å². The van der Waals surface area contributed by atoms with Gasteiger partial charge in [-0.2, -0.15) is 0 Å². The Hall–Kier alpha value is -0.160. The first kappa shape index (κ1) is 8.44. The highest BCUT2D eigenvalue weighted by molar-refractivity contribution is 5.06. The quantitative estimate of drug-likeness (QED) is 0.454. The molecule has 4 nitrogen and oxygen atoms in total. The van der Waals surface area contributed by atoms with E-state index in [0.29, 0.717) is 12.8 Å². The van der Waals surface area contributed by atoms with Gasteiger partial charge in [0.2, 0.25) is 0 Å². The average Bonchev–Trinajstić information content (AvgIpc) is 2.57. The van der Waals surface area contributed by atoms with Crippen LogP contribution in [0.2, 0.25) is 0 Å². The van der Waals surface area contributed by atoms with Gasteiger partial charge in [0.15, 0.2) is 0 Å². The van der Waals surface area contributed by atoms with Gasteiger partial charge in [-0.1, -0.05) is 0 Å². The normalized spacial score (nSPS) is 48.2. The Morgan fingerprint density at radius 2 is 2.17 bits per heavy atom. The molecule has 3 N–H and O–H groups in total. The van der Waals surface area contributed by atoms with Crippen molar-refractivity contribution >= 4 is 0 Å². The van der Waals surface area contributed by atoms with Crippen LogP contribution in [0.3, 0.4) is 0 Å². The predicted molar refractivity (Wildman–Crippen MR) is 42.6 cm³/mol. The van der Waals surface area contributed by atoms with Crippen molar-refractivity contribution in [3.05, 3.63) is 0 Å². The highest BCUT2D eigenvalue weighted by atomic mass is 16.3. The van der Waals surface area contributed by atoms with Crippen molar-refractivity contribution in [2.45, 2.75) is 30.6 Å². The number of hydrogen-bond acceptors (Lipinski definition) is 4. The van der Waals surface area contributed by atoms with Crippen LogP contribution in [0.5, 0.6) is 0 Å². The van der Waals surface area contributed by atoms with Crippen molar-refractivity contribution in [1.29, 1.82) is 0 Å². The van der Waals surface area contributed by atoms with Crippen LogP contribution in [0.4, 0.5) is 0 Å². The summed E-state index contributed by atoms with van der Waals surface area (Å²) in [4.78, 5) is 2.06. The zero-order chi connectivity index (χ0) is 8.77. The zero-order valence-corrected chi connectivity index (χ0v) is 6.98. The summed E-state index contributed by atoms with van der Waals surface area (Å²) in [7, 11) is 0. The van der Waals surface area contributed by atoms with Gasteiger partial charge in [-0.05, 0) is 12.8 Å². The zero-order valence-electron chi connectivity index (χ0n) is 6.98. The van der Waals surface area contributed by atoms with E-state index in [9.17, 15) is 10.2 Å². The number of fused-ring (bicyclic) bond motifs is 1. The SMILES string of the molecule is OC[C@]1(O)CCN2CC[C@@H](O)[C@H]21. The predicted octanol–water partition coefficient (Wildman–Crippen LogP) is -1.45. The molecule has 2 rings (SSSR count). The lowest BCUT2D eigenvalue weighted by Crippen LogP contribution is -2.49. The fourth-order valence-electron chi connectivity index (χ4n) is 2.44. The molecule has 70 valence electrons. The topological polar surface area (TPSA) is 63.9 Å². The van der Waals surface area contributed by atoms with Gasteiger partial charge in [0.25, 0.3) is 0 Å². The Bertz CT molecular complexity index is 187. The Morgan fingerprint density at radius 3 is 2.83 bits per heavy atom. The summed E-state index contributed by atoms with van der Waals surface area (Å²) < 4.78 is 0. The van der Waals surface area contributed by atoms with Gasteiger partial charge in [0, 0.05) is 13.1 Å². The first-order valence-electron chi connectivity index (χ1n) is 4.43. The van der Waals surface area contributed by atoms with Crippen LogP contribution in [0, 0.1) is 0 Å². The lowest BCUT2D eigenvalue weighted by atomic mass is 9.92. The van der Waals surface area contributed by atoms with Crippen LogP contribution >= 0.6 is 0 Å². The fourth-order valence-corrected chi connectivity index (χ4v) is 2.44. The second kappa shape index (κ2) is 2.67. The first-order valence-corrected chi connectivity index (χ1v) is 4.43. The Kier molecular flexibility index (Phi) is 1.88. The van der Waals surface area contributed by atoms with Crippen molar-refractivity contribution in [2.75, 3.05) is 19.7 Å². The Labute approximate surface area is 71.4 Å². The van der Waals surface area contributed by atoms with Crippen molar-refractivity contribution in [2.24, 2.45) is 0 Å². The molecule has 0 aromatic carbocycles. The van der Waals surface area contributed by atoms with E-state index in [4.69, 9.17) is 5.11 Å². The molecule has 0 bridgehead atoms. The summed E-state index contributed by atoms with van der Waals surface area (Å²) in [5.74, 6) is 0. The van der Waals surface area contributed by atoms with Gasteiger partial charge in [0.05, 0.1) is 18.8 Å². The second-order valence-electron chi connectivity index (χ2n) is 3.85. The van der Waals surface area contributed by atoms with Gasteiger partial charge in [-0.25, -0.2) is 0 Å². The van der Waals surface area contributed by atoms with Crippen LogP contribution in [0.25, 0.3) is 0 Å². The molecule has 0 unspecified atom stereocenters. The molecule has 4 heteroatoms. The van der Waals surface area contributed by atoms with Gasteiger partial charge >= 0.3 is 0 Å². The number of aliphatic hydroxyl groups is 3. The van der Waals surface area contributed by atoms with Crippen molar-refractivity contribution in [1.82, 2.24) is 4.90 Å². The van der Waals surface area contributed by atoms with E-state index in [1.165, 1.54) is 0 Å². The van der Waals surface area contributed by atoms with Crippen LogP contribution in [0.1, 0.15) is 12.8 Å². The monoisotopic (exact) mass is 173 g/mol. The van der Waals surface area contributed by atoms with E-state index in [-0.39, 0.29) is 12.6 Å². The maximum atomic E-state index is 9.89. The molecular weight excluding hydrogens is 158 g/mol. The molecule has 0 radical (unpaired) electrons. The number of rotatable bonds is 1. The third-order valence-electron chi connectivity index (χ3n) is 3.13. The Morgan fingerprint density at radius 1 is 1.42 bits per heavy atom. The molecule has 2 saturated heterocycles. The third-order valence-corrected chi connectivity index (χ3v) is 3.13. The summed E-state index contributed by atoms with van der Waals surface area (Å²) in [5, 5.41) is 28.4. The smallest absolute Gasteiger partial charge is 0.107 e. The molecule has 2 heterocycles. The van der Waals surface area contributed by atoms with Crippen LogP contribution in [0.15, 0.2) is 0 Å². The maximum absolute atomic E-state index is 9.89. The summed E-state index contributed by atoms with van der Waals surface area (Å²) in [5.41, 5.74) is -1.06. The van der Waals surface area contributed by atoms with Crippen LogP contribution in [-0.2, 0) is 0 Å². The van der Waals surface area contributed by atoms with Crippen molar-refractivity contribution in [3.63, 3.8) is 0 Å². The molecule has 0 aromatic rings. The van der Waals surface area contributed by atoms with E-state index in [0.717, 1.165) is 13.1 Å². The Balaban J connectivity index is 2.19. The summed E-state index contributed by atoms with van der Waals surface area (Å²) in [6, 6.07) is -0.234. The molecule has 0 amide bonds. The minimum absolute atomic E-state index is 0.234. The molecule has 0 aromatic heterocycles. The number of hydrogen-bond donors (Lipinski definition) is 3. The van der Waals surface area contributed by atoms with Crippen molar-refractivity contribution in [3.8, 4) is 0 Å². The van der Waals surface area contributed by atoms with Crippen molar-refractivity contribution < 1.29 is 15.3 Å². The van der Waals surface area contributed by atoms with E-state index in [1.54, 1.807) is 0 Å². The minimum atomic E-state index is -1.06. The van der Waals surface area contributed by atoms with E-state index in [1.807, 2.05) is 0 Å². The largest absolute Gasteiger partial charge is 0.393 e. The van der Waals surface area contributed by atoms with Crippen LogP contribution < -0.4 is 0 Å². The van der Waals surface area contributed by atoms with Crippen LogP contribution in [-0.4, -0.2) is 57.7 Å². The average molecular weight is 173 g/mol. The number of nitrogens with zero attached hydrogens (tertiary/aromatic N) is 1. The maximum Gasteiger partial charge on any atom is 0.107 e. The van der Waals surface area contributed by atoms with Gasteiger partial charge in [-0.15, -0.1) is 0 Å². The second-order valence-corrected chi connectivity index (χ2v) is 3.85. The van der Waals surface area contributed by atoms with E-state index >= 15 is 0 Å². The lowest BCUT2D eigenvalue weighted by molar-refractivity contribution is -0.0623. The molecule has 3 atom stereocenters.